The molecule has 0 radical (unpaired) electrons. The van der Waals surface area contributed by atoms with Gasteiger partial charge in [0.1, 0.15) is 11.4 Å². The summed E-state index contributed by atoms with van der Waals surface area (Å²) in [6, 6.07) is 14.2. The molecule has 3 nitrogen and oxygen atoms in total. The van der Waals surface area contributed by atoms with Gasteiger partial charge in [0.25, 0.3) is 0 Å². The maximum atomic E-state index is 11.5. The van der Waals surface area contributed by atoms with Crippen molar-refractivity contribution in [3.8, 4) is 5.75 Å². The van der Waals surface area contributed by atoms with Gasteiger partial charge in [-0.25, -0.2) is 4.79 Å². The molecule has 0 atom stereocenters. The van der Waals surface area contributed by atoms with Crippen molar-refractivity contribution in [3.05, 3.63) is 55.1 Å². The molecule has 0 saturated heterocycles. The van der Waals surface area contributed by atoms with Crippen molar-refractivity contribution < 1.29 is 14.3 Å². The summed E-state index contributed by atoms with van der Waals surface area (Å²) >= 11 is 0. The van der Waals surface area contributed by atoms with Crippen molar-refractivity contribution in [2.75, 3.05) is 6.61 Å². The van der Waals surface area contributed by atoms with Gasteiger partial charge in [-0.3, -0.25) is 0 Å². The molecule has 0 aliphatic heterocycles. The Morgan fingerprint density at radius 1 is 1.13 bits per heavy atom. The monoisotopic (exact) mass is 312 g/mol. The van der Waals surface area contributed by atoms with Gasteiger partial charge in [0.05, 0.1) is 6.61 Å². The first kappa shape index (κ1) is 17.1. The van der Waals surface area contributed by atoms with Crippen LogP contribution in [-0.2, 0) is 9.53 Å². The smallest absolute Gasteiger partial charge is 0.330 e. The summed E-state index contributed by atoms with van der Waals surface area (Å²) in [5.74, 6) is 0.458. The lowest BCUT2D eigenvalue weighted by molar-refractivity contribution is -0.155. The number of carbonyl (C=O) groups excluding carboxylic acids is 1. The Kier molecular flexibility index (Phi) is 5.80. The molecule has 0 aliphatic carbocycles. The molecule has 0 aromatic heterocycles. The number of rotatable bonds is 8. The molecule has 0 fully saturated rings. The maximum absolute atomic E-state index is 11.5. The van der Waals surface area contributed by atoms with E-state index >= 15 is 0 Å². The summed E-state index contributed by atoms with van der Waals surface area (Å²) in [4.78, 5) is 11.5. The quantitative estimate of drug-likeness (QED) is 0.514. The molecule has 2 aromatic carbocycles. The first-order valence-electron chi connectivity index (χ1n) is 8.09. The molecule has 2 aromatic rings. The van der Waals surface area contributed by atoms with E-state index in [-0.39, 0.29) is 5.97 Å². The molecular weight excluding hydrogens is 288 g/mol. The minimum Gasteiger partial charge on any atom is -0.493 e. The van der Waals surface area contributed by atoms with Crippen molar-refractivity contribution >= 4 is 16.7 Å². The molecule has 122 valence electrons. The fraction of sp³-hybridized carbons (Fsp3) is 0.350. The SMILES string of the molecule is C=CC(=O)OC(CC)(CC)CCOc1ccc2ccccc2c1. The summed E-state index contributed by atoms with van der Waals surface area (Å²) < 4.78 is 11.4. The van der Waals surface area contributed by atoms with Crippen LogP contribution in [0.2, 0.25) is 0 Å². The predicted octanol–water partition coefficient (Wildman–Crippen LogP) is 4.90. The summed E-state index contributed by atoms with van der Waals surface area (Å²) in [5, 5.41) is 2.34. The number of hydrogen-bond donors (Lipinski definition) is 0. The Bertz CT molecular complexity index is 671. The van der Waals surface area contributed by atoms with Crippen molar-refractivity contribution in [1.29, 1.82) is 0 Å². The van der Waals surface area contributed by atoms with E-state index in [0.717, 1.165) is 24.0 Å². The second-order valence-electron chi connectivity index (χ2n) is 5.62. The Labute approximate surface area is 137 Å². The van der Waals surface area contributed by atoms with Crippen LogP contribution in [0.15, 0.2) is 55.1 Å². The molecule has 0 heterocycles. The molecule has 0 N–H and O–H groups in total. The average molecular weight is 312 g/mol. The summed E-state index contributed by atoms with van der Waals surface area (Å²) in [5.41, 5.74) is -0.484. The lowest BCUT2D eigenvalue weighted by Gasteiger charge is -2.31. The van der Waals surface area contributed by atoms with Crippen LogP contribution in [0.1, 0.15) is 33.1 Å². The molecule has 23 heavy (non-hydrogen) atoms. The minimum atomic E-state index is -0.484. The third-order valence-electron chi connectivity index (χ3n) is 4.32. The van der Waals surface area contributed by atoms with Gasteiger partial charge in [0, 0.05) is 12.5 Å². The fourth-order valence-corrected chi connectivity index (χ4v) is 2.67. The largest absolute Gasteiger partial charge is 0.493 e. The minimum absolute atomic E-state index is 0.376. The summed E-state index contributed by atoms with van der Waals surface area (Å²) in [7, 11) is 0. The van der Waals surface area contributed by atoms with E-state index in [1.165, 1.54) is 11.5 Å². The Hall–Kier alpha value is -2.29. The van der Waals surface area contributed by atoms with Crippen LogP contribution in [0.3, 0.4) is 0 Å². The lowest BCUT2D eigenvalue weighted by Crippen LogP contribution is -2.35. The van der Waals surface area contributed by atoms with E-state index in [2.05, 4.69) is 24.8 Å². The average Bonchev–Trinajstić information content (AvgIpc) is 2.60. The molecule has 0 saturated carbocycles. The topological polar surface area (TPSA) is 35.5 Å². The predicted molar refractivity (Wildman–Crippen MR) is 93.7 cm³/mol. The van der Waals surface area contributed by atoms with E-state index in [1.807, 2.05) is 38.1 Å². The van der Waals surface area contributed by atoms with Gasteiger partial charge < -0.3 is 9.47 Å². The van der Waals surface area contributed by atoms with Crippen LogP contribution in [0, 0.1) is 0 Å². The van der Waals surface area contributed by atoms with Gasteiger partial charge in [-0.05, 0) is 35.7 Å². The van der Waals surface area contributed by atoms with Crippen LogP contribution < -0.4 is 4.74 Å². The number of benzene rings is 2. The first-order valence-corrected chi connectivity index (χ1v) is 8.09. The molecule has 0 aliphatic rings. The van der Waals surface area contributed by atoms with Crippen LogP contribution >= 0.6 is 0 Å². The van der Waals surface area contributed by atoms with E-state index in [9.17, 15) is 4.79 Å². The Balaban J connectivity index is 2.00. The van der Waals surface area contributed by atoms with E-state index < -0.39 is 5.60 Å². The molecule has 0 spiro atoms. The van der Waals surface area contributed by atoms with Crippen LogP contribution in [0.4, 0.5) is 0 Å². The number of esters is 1. The molecule has 0 amide bonds. The third-order valence-corrected chi connectivity index (χ3v) is 4.32. The van der Waals surface area contributed by atoms with Gasteiger partial charge in [-0.1, -0.05) is 50.8 Å². The zero-order valence-corrected chi connectivity index (χ0v) is 13.9. The zero-order chi connectivity index (χ0) is 16.7. The number of hydrogen-bond acceptors (Lipinski definition) is 3. The second kappa shape index (κ2) is 7.82. The molecule has 2 rings (SSSR count). The highest BCUT2D eigenvalue weighted by molar-refractivity contribution is 5.83. The molecule has 0 bridgehead atoms. The highest BCUT2D eigenvalue weighted by Gasteiger charge is 2.29. The van der Waals surface area contributed by atoms with Gasteiger partial charge >= 0.3 is 5.97 Å². The second-order valence-corrected chi connectivity index (χ2v) is 5.62. The molecular formula is C20H24O3. The molecule has 0 unspecified atom stereocenters. The molecule has 3 heteroatoms. The summed E-state index contributed by atoms with van der Waals surface area (Å²) in [6.07, 6.45) is 3.38. The van der Waals surface area contributed by atoms with E-state index in [0.29, 0.717) is 13.0 Å². The normalized spacial score (nSPS) is 11.2. The van der Waals surface area contributed by atoms with Gasteiger partial charge in [0.2, 0.25) is 0 Å². The van der Waals surface area contributed by atoms with Crippen molar-refractivity contribution in [2.45, 2.75) is 38.7 Å². The third kappa shape index (κ3) is 4.35. The van der Waals surface area contributed by atoms with Crippen molar-refractivity contribution in [2.24, 2.45) is 0 Å². The fourth-order valence-electron chi connectivity index (χ4n) is 2.67. The lowest BCUT2D eigenvalue weighted by atomic mass is 9.93. The zero-order valence-electron chi connectivity index (χ0n) is 13.9. The number of fused-ring (bicyclic) bond motifs is 1. The van der Waals surface area contributed by atoms with Gasteiger partial charge in [-0.15, -0.1) is 0 Å². The van der Waals surface area contributed by atoms with Crippen LogP contribution in [0.5, 0.6) is 5.75 Å². The standard InChI is InChI=1S/C20H24O3/c1-4-19(21)23-20(5-2,6-3)13-14-22-18-12-11-16-9-7-8-10-17(16)15-18/h4,7-12,15H,1,5-6,13-14H2,2-3H3. The number of carbonyl (C=O) groups is 1. The first-order chi connectivity index (χ1) is 11.1. The highest BCUT2D eigenvalue weighted by Crippen LogP contribution is 2.26. The number of ether oxygens (including phenoxy) is 2. The van der Waals surface area contributed by atoms with Gasteiger partial charge in [-0.2, -0.15) is 0 Å². The highest BCUT2D eigenvalue weighted by atomic mass is 16.6. The van der Waals surface area contributed by atoms with Crippen LogP contribution in [0.25, 0.3) is 10.8 Å². The summed E-state index contributed by atoms with van der Waals surface area (Å²) in [6.45, 7) is 8.02. The van der Waals surface area contributed by atoms with Gasteiger partial charge in [0.15, 0.2) is 0 Å². The van der Waals surface area contributed by atoms with E-state index in [1.54, 1.807) is 0 Å². The van der Waals surface area contributed by atoms with E-state index in [4.69, 9.17) is 9.47 Å². The van der Waals surface area contributed by atoms with Crippen molar-refractivity contribution in [3.63, 3.8) is 0 Å². The Morgan fingerprint density at radius 3 is 2.48 bits per heavy atom. The van der Waals surface area contributed by atoms with Crippen molar-refractivity contribution in [1.82, 2.24) is 0 Å². The van der Waals surface area contributed by atoms with Crippen LogP contribution in [-0.4, -0.2) is 18.2 Å². The Morgan fingerprint density at radius 2 is 1.83 bits per heavy atom. The maximum Gasteiger partial charge on any atom is 0.330 e.